The molecule has 0 amide bonds. The van der Waals surface area contributed by atoms with E-state index < -0.39 is 0 Å². The summed E-state index contributed by atoms with van der Waals surface area (Å²) in [5, 5.41) is 6.33. The maximum Gasteiger partial charge on any atom is 0.191 e. The van der Waals surface area contributed by atoms with Gasteiger partial charge < -0.3 is 20.1 Å². The standard InChI is InChI=1S/C20H26FN3O2/c1-22-20(24-15-17-8-3-4-10-19(17)21)23-14-16-7-5-9-18(13-16)26-12-6-11-25-2/h3-5,7-10,13H,6,11-12,14-15H2,1-2H3,(H2,22,23,24). The summed E-state index contributed by atoms with van der Waals surface area (Å²) in [7, 11) is 3.37. The molecule has 0 saturated carbocycles. The van der Waals surface area contributed by atoms with Crippen LogP contribution in [-0.4, -0.2) is 33.3 Å². The number of nitrogens with one attached hydrogen (secondary N) is 2. The monoisotopic (exact) mass is 359 g/mol. The lowest BCUT2D eigenvalue weighted by atomic mass is 10.2. The summed E-state index contributed by atoms with van der Waals surface area (Å²) >= 11 is 0. The molecular formula is C20H26FN3O2. The van der Waals surface area contributed by atoms with E-state index in [-0.39, 0.29) is 5.82 Å². The van der Waals surface area contributed by atoms with Crippen molar-refractivity contribution < 1.29 is 13.9 Å². The summed E-state index contributed by atoms with van der Waals surface area (Å²) < 4.78 is 24.4. The van der Waals surface area contributed by atoms with Crippen LogP contribution in [0, 0.1) is 5.82 Å². The molecule has 0 saturated heterocycles. The second-order valence-electron chi connectivity index (χ2n) is 5.71. The van der Waals surface area contributed by atoms with Crippen molar-refractivity contribution in [2.24, 2.45) is 4.99 Å². The minimum Gasteiger partial charge on any atom is -0.493 e. The largest absolute Gasteiger partial charge is 0.493 e. The van der Waals surface area contributed by atoms with Gasteiger partial charge in [-0.05, 0) is 23.8 Å². The first-order valence-electron chi connectivity index (χ1n) is 8.61. The molecule has 0 unspecified atom stereocenters. The van der Waals surface area contributed by atoms with Crippen molar-refractivity contribution in [2.45, 2.75) is 19.5 Å². The number of methoxy groups -OCH3 is 1. The second-order valence-corrected chi connectivity index (χ2v) is 5.71. The number of aliphatic imine (C=N–C) groups is 1. The van der Waals surface area contributed by atoms with E-state index >= 15 is 0 Å². The molecule has 6 heteroatoms. The minimum atomic E-state index is -0.228. The van der Waals surface area contributed by atoms with Crippen molar-refractivity contribution in [3.8, 4) is 5.75 Å². The number of hydrogen-bond acceptors (Lipinski definition) is 3. The van der Waals surface area contributed by atoms with Crippen molar-refractivity contribution in [1.29, 1.82) is 0 Å². The maximum absolute atomic E-state index is 13.7. The van der Waals surface area contributed by atoms with Gasteiger partial charge in [-0.15, -0.1) is 0 Å². The van der Waals surface area contributed by atoms with Gasteiger partial charge in [-0.25, -0.2) is 4.39 Å². The third-order valence-electron chi connectivity index (χ3n) is 3.75. The fraction of sp³-hybridized carbons (Fsp3) is 0.350. The Morgan fingerprint density at radius 3 is 2.62 bits per heavy atom. The topological polar surface area (TPSA) is 54.9 Å². The fourth-order valence-corrected chi connectivity index (χ4v) is 2.37. The molecule has 26 heavy (non-hydrogen) atoms. The first-order valence-corrected chi connectivity index (χ1v) is 8.61. The van der Waals surface area contributed by atoms with E-state index in [1.165, 1.54) is 6.07 Å². The van der Waals surface area contributed by atoms with Gasteiger partial charge in [-0.2, -0.15) is 0 Å². The van der Waals surface area contributed by atoms with Crippen molar-refractivity contribution in [3.63, 3.8) is 0 Å². The van der Waals surface area contributed by atoms with Gasteiger partial charge in [-0.1, -0.05) is 30.3 Å². The average molecular weight is 359 g/mol. The maximum atomic E-state index is 13.7. The number of nitrogens with zero attached hydrogens (tertiary/aromatic N) is 1. The molecule has 0 bridgehead atoms. The number of hydrogen-bond donors (Lipinski definition) is 2. The average Bonchev–Trinajstić information content (AvgIpc) is 2.67. The Morgan fingerprint density at radius 2 is 1.85 bits per heavy atom. The van der Waals surface area contributed by atoms with Crippen LogP contribution in [0.25, 0.3) is 0 Å². The zero-order chi connectivity index (χ0) is 18.6. The number of halogens is 1. The first kappa shape index (κ1) is 19.7. The second kappa shape index (κ2) is 11.1. The van der Waals surface area contributed by atoms with E-state index in [9.17, 15) is 4.39 Å². The molecule has 0 aliphatic heterocycles. The fourth-order valence-electron chi connectivity index (χ4n) is 2.37. The summed E-state index contributed by atoms with van der Waals surface area (Å²) in [6.07, 6.45) is 0.853. The van der Waals surface area contributed by atoms with Gasteiger partial charge >= 0.3 is 0 Å². The molecule has 0 aliphatic rings. The van der Waals surface area contributed by atoms with E-state index in [1.54, 1.807) is 26.3 Å². The van der Waals surface area contributed by atoms with E-state index in [0.29, 0.717) is 37.8 Å². The van der Waals surface area contributed by atoms with E-state index in [0.717, 1.165) is 17.7 Å². The van der Waals surface area contributed by atoms with Crippen molar-refractivity contribution >= 4 is 5.96 Å². The molecule has 2 N–H and O–H groups in total. The lowest BCUT2D eigenvalue weighted by Gasteiger charge is -2.13. The number of guanidine groups is 1. The highest BCUT2D eigenvalue weighted by molar-refractivity contribution is 5.79. The predicted molar refractivity (Wildman–Crippen MR) is 102 cm³/mol. The highest BCUT2D eigenvalue weighted by atomic mass is 19.1. The molecule has 0 atom stereocenters. The molecule has 0 heterocycles. The number of benzene rings is 2. The summed E-state index contributed by atoms with van der Waals surface area (Å²) in [6, 6.07) is 14.6. The highest BCUT2D eigenvalue weighted by Gasteiger charge is 2.03. The zero-order valence-corrected chi connectivity index (χ0v) is 15.3. The molecule has 0 aromatic heterocycles. The van der Waals surface area contributed by atoms with Crippen LogP contribution < -0.4 is 15.4 Å². The Labute approximate surface area is 154 Å². The predicted octanol–water partition coefficient (Wildman–Crippen LogP) is 3.11. The molecule has 2 rings (SSSR count). The molecule has 140 valence electrons. The first-order chi connectivity index (χ1) is 12.7. The smallest absolute Gasteiger partial charge is 0.191 e. The van der Waals surface area contributed by atoms with Crippen molar-refractivity contribution in [2.75, 3.05) is 27.4 Å². The Hall–Kier alpha value is -2.60. The van der Waals surface area contributed by atoms with Gasteiger partial charge in [0.1, 0.15) is 11.6 Å². The van der Waals surface area contributed by atoms with Gasteiger partial charge in [0.25, 0.3) is 0 Å². The molecule has 2 aromatic rings. The Bertz CT molecular complexity index is 707. The lowest BCUT2D eigenvalue weighted by Crippen LogP contribution is -2.36. The SMILES string of the molecule is CN=C(NCc1cccc(OCCCOC)c1)NCc1ccccc1F. The van der Waals surface area contributed by atoms with E-state index in [4.69, 9.17) is 9.47 Å². The number of ether oxygens (including phenoxy) is 2. The van der Waals surface area contributed by atoms with Crippen LogP contribution in [-0.2, 0) is 17.8 Å². The molecule has 0 spiro atoms. The summed E-state index contributed by atoms with van der Waals surface area (Å²) in [5.74, 6) is 1.21. The molecule has 0 fully saturated rings. The van der Waals surface area contributed by atoms with Crippen LogP contribution in [0.2, 0.25) is 0 Å². The third-order valence-corrected chi connectivity index (χ3v) is 3.75. The third kappa shape index (κ3) is 6.72. The van der Waals surface area contributed by atoms with Crippen LogP contribution in [0.3, 0.4) is 0 Å². The molecule has 0 radical (unpaired) electrons. The Balaban J connectivity index is 1.81. The van der Waals surface area contributed by atoms with Crippen molar-refractivity contribution in [3.05, 3.63) is 65.5 Å². The van der Waals surface area contributed by atoms with E-state index in [1.807, 2.05) is 30.3 Å². The zero-order valence-electron chi connectivity index (χ0n) is 15.3. The normalized spacial score (nSPS) is 11.3. The Morgan fingerprint density at radius 1 is 1.04 bits per heavy atom. The van der Waals surface area contributed by atoms with Gasteiger partial charge in [0.2, 0.25) is 0 Å². The summed E-state index contributed by atoms with van der Waals surface area (Å²) in [5.41, 5.74) is 1.67. The van der Waals surface area contributed by atoms with Crippen LogP contribution in [0.1, 0.15) is 17.5 Å². The van der Waals surface area contributed by atoms with Crippen LogP contribution >= 0.6 is 0 Å². The van der Waals surface area contributed by atoms with E-state index in [2.05, 4.69) is 15.6 Å². The lowest BCUT2D eigenvalue weighted by molar-refractivity contribution is 0.172. The molecular weight excluding hydrogens is 333 g/mol. The van der Waals surface area contributed by atoms with Gasteiger partial charge in [0.15, 0.2) is 5.96 Å². The molecule has 5 nitrogen and oxygen atoms in total. The van der Waals surface area contributed by atoms with Crippen LogP contribution in [0.5, 0.6) is 5.75 Å². The minimum absolute atomic E-state index is 0.228. The van der Waals surface area contributed by atoms with Gasteiger partial charge in [0.05, 0.1) is 6.61 Å². The highest BCUT2D eigenvalue weighted by Crippen LogP contribution is 2.13. The van der Waals surface area contributed by atoms with Crippen LogP contribution in [0.15, 0.2) is 53.5 Å². The molecule has 0 aliphatic carbocycles. The summed E-state index contributed by atoms with van der Waals surface area (Å²) in [6.45, 7) is 2.27. The Kier molecular flexibility index (Phi) is 8.42. The van der Waals surface area contributed by atoms with Crippen LogP contribution in [0.4, 0.5) is 4.39 Å². The number of rotatable bonds is 9. The molecule has 2 aromatic carbocycles. The summed E-state index contributed by atoms with van der Waals surface area (Å²) in [4.78, 5) is 4.17. The quantitative estimate of drug-likeness (QED) is 0.410. The van der Waals surface area contributed by atoms with Gasteiger partial charge in [-0.3, -0.25) is 4.99 Å². The van der Waals surface area contributed by atoms with Gasteiger partial charge in [0, 0.05) is 45.8 Å². The van der Waals surface area contributed by atoms with Crippen molar-refractivity contribution in [1.82, 2.24) is 10.6 Å².